The molecular formula is C9H17N3. The lowest BCUT2D eigenvalue weighted by Gasteiger charge is -2.51. The summed E-state index contributed by atoms with van der Waals surface area (Å²) in [4.78, 5) is 2.65. The lowest BCUT2D eigenvalue weighted by Crippen LogP contribution is -2.66. The fourth-order valence-electron chi connectivity index (χ4n) is 3.17. The molecule has 2 unspecified atom stereocenters. The average molecular weight is 167 g/mol. The maximum Gasteiger partial charge on any atom is 0.0738 e. The number of rotatable bonds is 0. The molecule has 3 heteroatoms. The molecule has 0 aliphatic carbocycles. The fraction of sp³-hybridized carbons (Fsp3) is 1.00. The van der Waals surface area contributed by atoms with Crippen LogP contribution >= 0.6 is 0 Å². The van der Waals surface area contributed by atoms with E-state index in [1.165, 1.54) is 45.3 Å². The van der Waals surface area contributed by atoms with Gasteiger partial charge in [-0.15, -0.1) is 0 Å². The quantitative estimate of drug-likeness (QED) is 0.535. The van der Waals surface area contributed by atoms with Gasteiger partial charge in [0, 0.05) is 13.1 Å². The van der Waals surface area contributed by atoms with E-state index >= 15 is 0 Å². The normalized spacial score (nSPS) is 47.5. The number of hydrogen-bond acceptors (Lipinski definition) is 3. The standard InChI is InChI=1S/C9H17N3/c1-2-8-10-5-4-9(3-1)11-6-7-12(8)9/h8,10-11H,1-7H2. The Kier molecular flexibility index (Phi) is 1.48. The minimum absolute atomic E-state index is 0.411. The van der Waals surface area contributed by atoms with Crippen LogP contribution in [0.1, 0.15) is 25.7 Å². The molecule has 3 saturated heterocycles. The van der Waals surface area contributed by atoms with Crippen molar-refractivity contribution >= 4 is 0 Å². The lowest BCUT2D eigenvalue weighted by molar-refractivity contribution is -0.0268. The smallest absolute Gasteiger partial charge is 0.0738 e. The van der Waals surface area contributed by atoms with Crippen LogP contribution in [-0.4, -0.2) is 36.4 Å². The highest BCUT2D eigenvalue weighted by Crippen LogP contribution is 2.36. The van der Waals surface area contributed by atoms with Gasteiger partial charge in [0.05, 0.1) is 11.8 Å². The molecule has 0 aromatic heterocycles. The predicted molar refractivity (Wildman–Crippen MR) is 47.7 cm³/mol. The van der Waals surface area contributed by atoms with Crippen molar-refractivity contribution in [1.82, 2.24) is 15.5 Å². The second-order valence-electron chi connectivity index (χ2n) is 4.26. The zero-order valence-electron chi connectivity index (χ0n) is 7.47. The SMILES string of the molecule is C1CC2NCCC3(C1)NCCN23. The molecule has 2 N–H and O–H groups in total. The van der Waals surface area contributed by atoms with E-state index in [4.69, 9.17) is 0 Å². The highest BCUT2D eigenvalue weighted by molar-refractivity contribution is 5.02. The largest absolute Gasteiger partial charge is 0.302 e. The van der Waals surface area contributed by atoms with Crippen molar-refractivity contribution in [3.05, 3.63) is 0 Å². The molecule has 0 amide bonds. The van der Waals surface area contributed by atoms with Crippen molar-refractivity contribution < 1.29 is 0 Å². The molecule has 68 valence electrons. The van der Waals surface area contributed by atoms with Crippen molar-refractivity contribution in [3.8, 4) is 0 Å². The predicted octanol–water partition coefficient (Wildman–Crippen LogP) is 0.0912. The van der Waals surface area contributed by atoms with Gasteiger partial charge in [-0.1, -0.05) is 0 Å². The lowest BCUT2D eigenvalue weighted by atomic mass is 9.89. The highest BCUT2D eigenvalue weighted by Gasteiger charge is 2.48. The summed E-state index contributed by atoms with van der Waals surface area (Å²) < 4.78 is 0. The van der Waals surface area contributed by atoms with E-state index in [1.54, 1.807) is 0 Å². The van der Waals surface area contributed by atoms with Crippen molar-refractivity contribution in [3.63, 3.8) is 0 Å². The van der Waals surface area contributed by atoms with Crippen molar-refractivity contribution in [2.45, 2.75) is 37.5 Å². The summed E-state index contributed by atoms with van der Waals surface area (Å²) in [7, 11) is 0. The zero-order chi connectivity index (χ0) is 8.02. The summed E-state index contributed by atoms with van der Waals surface area (Å²) in [5.41, 5.74) is 0.411. The minimum Gasteiger partial charge on any atom is -0.302 e. The van der Waals surface area contributed by atoms with Gasteiger partial charge in [-0.2, -0.15) is 0 Å². The van der Waals surface area contributed by atoms with E-state index in [2.05, 4.69) is 15.5 Å². The van der Waals surface area contributed by atoms with Crippen LogP contribution in [0.3, 0.4) is 0 Å². The van der Waals surface area contributed by atoms with Gasteiger partial charge < -0.3 is 5.32 Å². The Bertz CT molecular complexity index is 182. The summed E-state index contributed by atoms with van der Waals surface area (Å²) >= 11 is 0. The molecule has 3 nitrogen and oxygen atoms in total. The molecule has 12 heavy (non-hydrogen) atoms. The molecule has 3 fully saturated rings. The Morgan fingerprint density at radius 2 is 2.25 bits per heavy atom. The molecule has 3 heterocycles. The minimum atomic E-state index is 0.411. The van der Waals surface area contributed by atoms with E-state index in [1.807, 2.05) is 0 Å². The number of piperidine rings is 1. The third kappa shape index (κ3) is 0.817. The van der Waals surface area contributed by atoms with Crippen LogP contribution in [0.25, 0.3) is 0 Å². The van der Waals surface area contributed by atoms with Crippen molar-refractivity contribution in [2.24, 2.45) is 0 Å². The second-order valence-corrected chi connectivity index (χ2v) is 4.26. The third-order valence-corrected chi connectivity index (χ3v) is 3.72. The number of hydrogen-bond donors (Lipinski definition) is 2. The second kappa shape index (κ2) is 2.44. The van der Waals surface area contributed by atoms with E-state index in [0.717, 1.165) is 0 Å². The third-order valence-electron chi connectivity index (χ3n) is 3.72. The van der Waals surface area contributed by atoms with Crippen LogP contribution in [0, 0.1) is 0 Å². The van der Waals surface area contributed by atoms with Crippen LogP contribution in [-0.2, 0) is 0 Å². The van der Waals surface area contributed by atoms with Gasteiger partial charge in [-0.05, 0) is 32.2 Å². The number of nitrogens with zero attached hydrogens (tertiary/aromatic N) is 1. The van der Waals surface area contributed by atoms with E-state index < -0.39 is 0 Å². The zero-order valence-corrected chi connectivity index (χ0v) is 7.47. The van der Waals surface area contributed by atoms with Crippen LogP contribution < -0.4 is 10.6 Å². The Morgan fingerprint density at radius 3 is 3.17 bits per heavy atom. The highest BCUT2D eigenvalue weighted by atomic mass is 15.5. The van der Waals surface area contributed by atoms with Crippen molar-refractivity contribution in [1.29, 1.82) is 0 Å². The molecule has 2 bridgehead atoms. The number of nitrogens with one attached hydrogen (secondary N) is 2. The van der Waals surface area contributed by atoms with E-state index in [9.17, 15) is 0 Å². The first-order chi connectivity index (χ1) is 5.91. The molecular weight excluding hydrogens is 150 g/mol. The average Bonchev–Trinajstić information content (AvgIpc) is 2.47. The molecule has 3 aliphatic rings. The van der Waals surface area contributed by atoms with Gasteiger partial charge in [-0.3, -0.25) is 10.2 Å². The van der Waals surface area contributed by atoms with Crippen LogP contribution in [0.4, 0.5) is 0 Å². The maximum absolute atomic E-state index is 3.69. The van der Waals surface area contributed by atoms with Gasteiger partial charge >= 0.3 is 0 Å². The summed E-state index contributed by atoms with van der Waals surface area (Å²) in [6.07, 6.45) is 6.08. The molecule has 0 aromatic carbocycles. The molecule has 3 rings (SSSR count). The van der Waals surface area contributed by atoms with Gasteiger partial charge in [0.25, 0.3) is 0 Å². The fourth-order valence-corrected chi connectivity index (χ4v) is 3.17. The van der Waals surface area contributed by atoms with Crippen LogP contribution in [0.15, 0.2) is 0 Å². The van der Waals surface area contributed by atoms with Crippen LogP contribution in [0.2, 0.25) is 0 Å². The summed E-state index contributed by atoms with van der Waals surface area (Å²) in [6, 6.07) is 0. The molecule has 0 spiro atoms. The molecule has 3 aliphatic heterocycles. The molecule has 2 atom stereocenters. The summed E-state index contributed by atoms with van der Waals surface area (Å²) in [6.45, 7) is 3.64. The monoisotopic (exact) mass is 167 g/mol. The first-order valence-electron chi connectivity index (χ1n) is 5.16. The van der Waals surface area contributed by atoms with Crippen molar-refractivity contribution in [2.75, 3.05) is 19.6 Å². The maximum atomic E-state index is 3.69. The molecule has 0 saturated carbocycles. The first kappa shape index (κ1) is 7.30. The van der Waals surface area contributed by atoms with Gasteiger partial charge in [0.1, 0.15) is 0 Å². The molecule has 0 radical (unpaired) electrons. The van der Waals surface area contributed by atoms with Gasteiger partial charge in [-0.25, -0.2) is 0 Å². The summed E-state index contributed by atoms with van der Waals surface area (Å²) in [5, 5.41) is 7.29. The van der Waals surface area contributed by atoms with Crippen LogP contribution in [0.5, 0.6) is 0 Å². The molecule has 0 aromatic rings. The Hall–Kier alpha value is -0.120. The van der Waals surface area contributed by atoms with E-state index in [0.29, 0.717) is 11.8 Å². The van der Waals surface area contributed by atoms with Gasteiger partial charge in [0.15, 0.2) is 0 Å². The Balaban J connectivity index is 1.93. The topological polar surface area (TPSA) is 27.3 Å². The van der Waals surface area contributed by atoms with E-state index in [-0.39, 0.29) is 0 Å². The summed E-state index contributed by atoms with van der Waals surface area (Å²) in [5.74, 6) is 0. The first-order valence-corrected chi connectivity index (χ1v) is 5.16. The van der Waals surface area contributed by atoms with Gasteiger partial charge in [0.2, 0.25) is 0 Å². The Morgan fingerprint density at radius 1 is 1.25 bits per heavy atom. The Labute approximate surface area is 73.5 Å².